The van der Waals surface area contributed by atoms with Gasteiger partial charge in [0.1, 0.15) is 0 Å². The maximum absolute atomic E-state index is 11.7. The number of nitrogens with one attached hydrogen (secondary N) is 1. The van der Waals surface area contributed by atoms with Gasteiger partial charge in [0.2, 0.25) is 0 Å². The van der Waals surface area contributed by atoms with Crippen LogP contribution in [0.1, 0.15) is 43.7 Å². The lowest BCUT2D eigenvalue weighted by Crippen LogP contribution is -2.15. The molecule has 0 saturated heterocycles. The standard InChI is InChI=1S/C15H21Cl2NO2/c1-4-5-6-7-8-20-15(19)18-13-9-12(16)10(2)14(17)11(13)3/h9H,4-8H2,1-3H3,(H,18,19). The fourth-order valence-corrected chi connectivity index (χ4v) is 2.27. The van der Waals surface area contributed by atoms with Crippen LogP contribution in [0.25, 0.3) is 0 Å². The molecule has 0 saturated carbocycles. The Hall–Kier alpha value is -0.930. The predicted octanol–water partition coefficient (Wildman–Crippen LogP) is 5.74. The SMILES string of the molecule is CCCCCCOC(=O)Nc1cc(Cl)c(C)c(Cl)c1C. The van der Waals surface area contributed by atoms with Crippen LogP contribution >= 0.6 is 23.2 Å². The maximum Gasteiger partial charge on any atom is 0.411 e. The van der Waals surface area contributed by atoms with Crippen molar-refractivity contribution in [1.82, 2.24) is 0 Å². The van der Waals surface area contributed by atoms with E-state index in [1.54, 1.807) is 6.07 Å². The van der Waals surface area contributed by atoms with Crippen LogP contribution in [0.5, 0.6) is 0 Å². The molecule has 112 valence electrons. The number of anilines is 1. The Balaban J connectivity index is 2.54. The number of rotatable bonds is 6. The Morgan fingerprint density at radius 3 is 2.55 bits per heavy atom. The highest BCUT2D eigenvalue weighted by Gasteiger charge is 2.12. The largest absolute Gasteiger partial charge is 0.449 e. The van der Waals surface area contributed by atoms with Gasteiger partial charge in [-0.2, -0.15) is 0 Å². The first-order chi connectivity index (χ1) is 9.47. The number of hydrogen-bond donors (Lipinski definition) is 1. The van der Waals surface area contributed by atoms with Crippen molar-refractivity contribution in [3.05, 3.63) is 27.2 Å². The summed E-state index contributed by atoms with van der Waals surface area (Å²) < 4.78 is 5.12. The number of carbonyl (C=O) groups excluding carboxylic acids is 1. The summed E-state index contributed by atoms with van der Waals surface area (Å²) in [5, 5.41) is 3.77. The number of amides is 1. The molecule has 0 atom stereocenters. The van der Waals surface area contributed by atoms with E-state index in [1.807, 2.05) is 13.8 Å². The molecule has 20 heavy (non-hydrogen) atoms. The summed E-state index contributed by atoms with van der Waals surface area (Å²) >= 11 is 12.2. The molecule has 0 heterocycles. The highest BCUT2D eigenvalue weighted by atomic mass is 35.5. The molecular weight excluding hydrogens is 297 g/mol. The van der Waals surface area contributed by atoms with Crippen molar-refractivity contribution in [2.45, 2.75) is 46.5 Å². The zero-order chi connectivity index (χ0) is 15.1. The van der Waals surface area contributed by atoms with Gasteiger partial charge in [0.05, 0.1) is 6.61 Å². The molecular formula is C15H21Cl2NO2. The van der Waals surface area contributed by atoms with Gasteiger partial charge in [0.15, 0.2) is 0 Å². The first kappa shape index (κ1) is 17.1. The molecule has 0 aliphatic carbocycles. The molecule has 0 radical (unpaired) electrons. The molecule has 0 unspecified atom stereocenters. The average Bonchev–Trinajstić information content (AvgIpc) is 2.42. The summed E-state index contributed by atoms with van der Waals surface area (Å²) in [7, 11) is 0. The maximum atomic E-state index is 11.7. The van der Waals surface area contributed by atoms with Crippen LogP contribution in [0.15, 0.2) is 6.07 Å². The number of unbranched alkanes of at least 4 members (excludes halogenated alkanes) is 3. The second kappa shape index (κ2) is 8.38. The Kier molecular flexibility index (Phi) is 7.17. The van der Waals surface area contributed by atoms with Crippen molar-refractivity contribution in [3.8, 4) is 0 Å². The van der Waals surface area contributed by atoms with Crippen molar-refractivity contribution >= 4 is 35.0 Å². The van der Waals surface area contributed by atoms with E-state index in [4.69, 9.17) is 27.9 Å². The van der Waals surface area contributed by atoms with Gasteiger partial charge in [-0.3, -0.25) is 5.32 Å². The number of halogens is 2. The molecule has 1 rings (SSSR count). The fraction of sp³-hybridized carbons (Fsp3) is 0.533. The van der Waals surface area contributed by atoms with Gasteiger partial charge < -0.3 is 4.74 Å². The van der Waals surface area contributed by atoms with E-state index >= 15 is 0 Å². The van der Waals surface area contributed by atoms with Crippen molar-refractivity contribution < 1.29 is 9.53 Å². The highest BCUT2D eigenvalue weighted by Crippen LogP contribution is 2.32. The van der Waals surface area contributed by atoms with Crippen LogP contribution < -0.4 is 5.32 Å². The third kappa shape index (κ3) is 4.88. The van der Waals surface area contributed by atoms with Gasteiger partial charge in [-0.1, -0.05) is 49.4 Å². The molecule has 0 fully saturated rings. The van der Waals surface area contributed by atoms with Crippen molar-refractivity contribution in [1.29, 1.82) is 0 Å². The minimum absolute atomic E-state index is 0.429. The van der Waals surface area contributed by atoms with E-state index in [2.05, 4.69) is 12.2 Å². The molecule has 5 heteroatoms. The number of ether oxygens (including phenoxy) is 1. The molecule has 1 aromatic carbocycles. The summed E-state index contributed by atoms with van der Waals surface area (Å²) in [5.74, 6) is 0. The Morgan fingerprint density at radius 2 is 1.90 bits per heavy atom. The summed E-state index contributed by atoms with van der Waals surface area (Å²) in [6, 6.07) is 1.69. The third-order valence-corrected chi connectivity index (χ3v) is 4.12. The normalized spacial score (nSPS) is 10.4. The van der Waals surface area contributed by atoms with Gasteiger partial charge in [0, 0.05) is 15.7 Å². The van der Waals surface area contributed by atoms with Crippen LogP contribution in [0.4, 0.5) is 10.5 Å². The van der Waals surface area contributed by atoms with E-state index in [0.717, 1.165) is 36.8 Å². The second-order valence-electron chi connectivity index (χ2n) is 4.79. The van der Waals surface area contributed by atoms with Crippen LogP contribution in [-0.2, 0) is 4.74 Å². The molecule has 0 bridgehead atoms. The summed E-state index contributed by atoms with van der Waals surface area (Å²) in [4.78, 5) is 11.7. The van der Waals surface area contributed by atoms with Crippen molar-refractivity contribution in [3.63, 3.8) is 0 Å². The molecule has 0 aliphatic heterocycles. The molecule has 1 aromatic rings. The van der Waals surface area contributed by atoms with E-state index in [9.17, 15) is 4.79 Å². The summed E-state index contributed by atoms with van der Waals surface area (Å²) in [5.41, 5.74) is 2.19. The van der Waals surface area contributed by atoms with Gasteiger partial charge in [-0.15, -0.1) is 0 Å². The van der Waals surface area contributed by atoms with Gasteiger partial charge in [0.25, 0.3) is 0 Å². The van der Waals surface area contributed by atoms with Gasteiger partial charge in [-0.05, 0) is 37.5 Å². The quantitative estimate of drug-likeness (QED) is 0.679. The minimum Gasteiger partial charge on any atom is -0.449 e. The second-order valence-corrected chi connectivity index (χ2v) is 5.58. The van der Waals surface area contributed by atoms with Crippen molar-refractivity contribution in [2.75, 3.05) is 11.9 Å². The lowest BCUT2D eigenvalue weighted by molar-refractivity contribution is 0.159. The highest BCUT2D eigenvalue weighted by molar-refractivity contribution is 6.37. The number of hydrogen-bond acceptors (Lipinski definition) is 2. The smallest absolute Gasteiger partial charge is 0.411 e. The van der Waals surface area contributed by atoms with Gasteiger partial charge >= 0.3 is 6.09 Å². The Labute approximate surface area is 130 Å². The monoisotopic (exact) mass is 317 g/mol. The van der Waals surface area contributed by atoms with E-state index in [1.165, 1.54) is 0 Å². The van der Waals surface area contributed by atoms with E-state index in [-0.39, 0.29) is 0 Å². The molecule has 3 nitrogen and oxygen atoms in total. The van der Waals surface area contributed by atoms with Crippen LogP contribution in [0, 0.1) is 13.8 Å². The molecule has 0 aliphatic rings. The minimum atomic E-state index is -0.472. The van der Waals surface area contributed by atoms with E-state index < -0.39 is 6.09 Å². The first-order valence-corrected chi connectivity index (χ1v) is 7.62. The first-order valence-electron chi connectivity index (χ1n) is 6.86. The van der Waals surface area contributed by atoms with Gasteiger partial charge in [-0.25, -0.2) is 4.79 Å². The zero-order valence-electron chi connectivity index (χ0n) is 12.2. The molecule has 0 aromatic heterocycles. The summed E-state index contributed by atoms with van der Waals surface area (Å²) in [6.45, 7) is 6.25. The predicted molar refractivity (Wildman–Crippen MR) is 85.0 cm³/mol. The summed E-state index contributed by atoms with van der Waals surface area (Å²) in [6.07, 6.45) is 3.81. The lowest BCUT2D eigenvalue weighted by atomic mass is 10.1. The third-order valence-electron chi connectivity index (χ3n) is 3.16. The van der Waals surface area contributed by atoms with Crippen LogP contribution in [-0.4, -0.2) is 12.7 Å². The Bertz CT molecular complexity index is 475. The zero-order valence-corrected chi connectivity index (χ0v) is 13.7. The molecule has 1 amide bonds. The lowest BCUT2D eigenvalue weighted by Gasteiger charge is -2.13. The fourth-order valence-electron chi connectivity index (χ4n) is 1.82. The molecule has 0 spiro atoms. The Morgan fingerprint density at radius 1 is 1.20 bits per heavy atom. The van der Waals surface area contributed by atoms with Crippen LogP contribution in [0.2, 0.25) is 10.0 Å². The average molecular weight is 318 g/mol. The number of carbonyl (C=O) groups is 1. The van der Waals surface area contributed by atoms with E-state index in [0.29, 0.717) is 22.3 Å². The van der Waals surface area contributed by atoms with Crippen LogP contribution in [0.3, 0.4) is 0 Å². The number of benzene rings is 1. The van der Waals surface area contributed by atoms with Crippen molar-refractivity contribution in [2.24, 2.45) is 0 Å². The molecule has 1 N–H and O–H groups in total. The topological polar surface area (TPSA) is 38.3 Å².